The van der Waals surface area contributed by atoms with E-state index in [2.05, 4.69) is 5.10 Å². The van der Waals surface area contributed by atoms with Gasteiger partial charge in [0.2, 0.25) is 5.60 Å². The molecule has 0 fully saturated rings. The number of hydrogen-bond donors (Lipinski definition) is 1. The van der Waals surface area contributed by atoms with Crippen LogP contribution in [0.1, 0.15) is 5.56 Å². The third-order valence-electron chi connectivity index (χ3n) is 5.56. The normalized spacial score (nSPS) is 13.7. The number of aliphatic hydroxyl groups is 1. The fourth-order valence-electron chi connectivity index (χ4n) is 3.69. The van der Waals surface area contributed by atoms with E-state index >= 15 is 0 Å². The van der Waals surface area contributed by atoms with E-state index in [1.807, 2.05) is 0 Å². The molecule has 33 heavy (non-hydrogen) atoms. The second kappa shape index (κ2) is 8.40. The first-order chi connectivity index (χ1) is 15.6. The summed E-state index contributed by atoms with van der Waals surface area (Å²) in [6, 6.07) is 16.1. The maximum absolute atomic E-state index is 14.1. The largest absolute Gasteiger partial charge is 0.497 e. The minimum absolute atomic E-state index is 0.304. The van der Waals surface area contributed by atoms with Gasteiger partial charge >= 0.3 is 6.18 Å². The molecule has 0 aliphatic heterocycles. The lowest BCUT2D eigenvalue weighted by molar-refractivity contribution is -0.262. The van der Waals surface area contributed by atoms with E-state index in [0.717, 1.165) is 0 Å². The molecule has 0 aliphatic rings. The number of benzene rings is 3. The van der Waals surface area contributed by atoms with E-state index in [4.69, 9.17) is 4.74 Å². The van der Waals surface area contributed by atoms with Crippen molar-refractivity contribution >= 4 is 16.6 Å². The summed E-state index contributed by atoms with van der Waals surface area (Å²) in [5.41, 5.74) is -1.86. The Kier molecular flexibility index (Phi) is 5.75. The highest BCUT2D eigenvalue weighted by molar-refractivity contribution is 5.81. The highest BCUT2D eigenvalue weighted by Crippen LogP contribution is 2.41. The SMILES string of the molecule is COc1ccc(N(C)CC(O)(c2ccc3c(cnn3-c3ccc(F)cc3)c2)C(F)(F)F)cc1. The molecule has 0 aliphatic carbocycles. The van der Waals surface area contributed by atoms with E-state index in [1.54, 1.807) is 24.3 Å². The number of methoxy groups -OCH3 is 1. The van der Waals surface area contributed by atoms with Gasteiger partial charge in [0.1, 0.15) is 11.6 Å². The van der Waals surface area contributed by atoms with Gasteiger partial charge < -0.3 is 14.7 Å². The molecule has 1 unspecified atom stereocenters. The molecular weight excluding hydrogens is 438 g/mol. The Balaban J connectivity index is 1.70. The number of aromatic nitrogens is 2. The van der Waals surface area contributed by atoms with E-state index in [9.17, 15) is 22.7 Å². The lowest BCUT2D eigenvalue weighted by Crippen LogP contribution is -2.50. The van der Waals surface area contributed by atoms with Crippen LogP contribution in [0.25, 0.3) is 16.6 Å². The molecule has 1 N–H and O–H groups in total. The molecule has 1 aromatic heterocycles. The van der Waals surface area contributed by atoms with Crippen molar-refractivity contribution in [2.75, 3.05) is 25.6 Å². The third-order valence-corrected chi connectivity index (χ3v) is 5.56. The number of nitrogens with zero attached hydrogens (tertiary/aromatic N) is 3. The van der Waals surface area contributed by atoms with Gasteiger partial charge in [-0.3, -0.25) is 0 Å². The zero-order valence-electron chi connectivity index (χ0n) is 17.8. The lowest BCUT2D eigenvalue weighted by atomic mass is 9.91. The summed E-state index contributed by atoms with van der Waals surface area (Å²) in [7, 11) is 2.97. The zero-order chi connectivity index (χ0) is 23.8. The molecule has 0 spiro atoms. The minimum atomic E-state index is -4.94. The fraction of sp³-hybridized carbons (Fsp3) is 0.208. The van der Waals surface area contributed by atoms with Gasteiger partial charge in [0, 0.05) is 18.1 Å². The Labute approximate surface area is 187 Å². The van der Waals surface area contributed by atoms with Gasteiger partial charge in [0.15, 0.2) is 0 Å². The Morgan fingerprint density at radius 2 is 1.67 bits per heavy atom. The van der Waals surface area contributed by atoms with Crippen LogP contribution in [-0.4, -0.2) is 41.8 Å². The van der Waals surface area contributed by atoms with Crippen LogP contribution < -0.4 is 9.64 Å². The number of halogens is 4. The molecule has 1 atom stereocenters. The standard InChI is InChI=1S/C24H21F4N3O2/c1-30(19-8-10-21(33-2)11-9-19)15-23(32,24(26,27)28)17-3-12-22-16(13-17)14-29-31(22)20-6-4-18(25)5-7-20/h3-14,32H,15H2,1-2H3. The molecule has 0 saturated heterocycles. The predicted octanol–water partition coefficient (Wildman–Crippen LogP) is 5.06. The summed E-state index contributed by atoms with van der Waals surface area (Å²) < 4.78 is 62.2. The molecule has 0 radical (unpaired) electrons. The number of hydrogen-bond acceptors (Lipinski definition) is 4. The van der Waals surface area contributed by atoms with Crippen LogP contribution in [0.3, 0.4) is 0 Å². The van der Waals surface area contributed by atoms with Crippen molar-refractivity contribution in [2.45, 2.75) is 11.8 Å². The van der Waals surface area contributed by atoms with Gasteiger partial charge in [-0.05, 0) is 66.2 Å². The lowest BCUT2D eigenvalue weighted by Gasteiger charge is -2.35. The molecule has 172 valence electrons. The summed E-state index contributed by atoms with van der Waals surface area (Å²) in [6.07, 6.45) is -3.53. The summed E-state index contributed by atoms with van der Waals surface area (Å²) in [4.78, 5) is 1.33. The zero-order valence-corrected chi connectivity index (χ0v) is 17.8. The average Bonchev–Trinajstić information content (AvgIpc) is 3.22. The first-order valence-electron chi connectivity index (χ1n) is 10.0. The van der Waals surface area contributed by atoms with Crippen LogP contribution >= 0.6 is 0 Å². The van der Waals surface area contributed by atoms with E-state index in [0.29, 0.717) is 28.0 Å². The molecule has 5 nitrogen and oxygen atoms in total. The first kappa shape index (κ1) is 22.6. The minimum Gasteiger partial charge on any atom is -0.497 e. The Morgan fingerprint density at radius 3 is 2.27 bits per heavy atom. The topological polar surface area (TPSA) is 50.5 Å². The molecule has 1 heterocycles. The number of rotatable bonds is 6. The highest BCUT2D eigenvalue weighted by Gasteiger charge is 2.55. The molecule has 0 amide bonds. The van der Waals surface area contributed by atoms with Gasteiger partial charge in [-0.1, -0.05) is 6.07 Å². The molecule has 9 heteroatoms. The number of ether oxygens (including phenoxy) is 1. The van der Waals surface area contributed by atoms with Crippen molar-refractivity contribution in [3.63, 3.8) is 0 Å². The van der Waals surface area contributed by atoms with Crippen LogP contribution in [0.2, 0.25) is 0 Å². The monoisotopic (exact) mass is 459 g/mol. The van der Waals surface area contributed by atoms with E-state index < -0.39 is 24.1 Å². The summed E-state index contributed by atoms with van der Waals surface area (Å²) in [5.74, 6) is 0.163. The summed E-state index contributed by atoms with van der Waals surface area (Å²) in [6.45, 7) is -0.722. The third kappa shape index (κ3) is 4.23. The second-order valence-electron chi connectivity index (χ2n) is 7.72. The first-order valence-corrected chi connectivity index (χ1v) is 10.0. The summed E-state index contributed by atoms with van der Waals surface area (Å²) in [5, 5.41) is 15.5. The van der Waals surface area contributed by atoms with Crippen molar-refractivity contribution in [1.82, 2.24) is 9.78 Å². The fourth-order valence-corrected chi connectivity index (χ4v) is 3.69. The van der Waals surface area contributed by atoms with Gasteiger partial charge in [-0.25, -0.2) is 9.07 Å². The average molecular weight is 459 g/mol. The highest BCUT2D eigenvalue weighted by atomic mass is 19.4. The molecule has 0 bridgehead atoms. The molecule has 4 rings (SSSR count). The predicted molar refractivity (Wildman–Crippen MR) is 117 cm³/mol. The Bertz CT molecular complexity index is 1250. The van der Waals surface area contributed by atoms with Gasteiger partial charge in [-0.15, -0.1) is 0 Å². The number of likely N-dealkylation sites (N-methyl/N-ethyl adjacent to an activating group) is 1. The Morgan fingerprint density at radius 1 is 1.00 bits per heavy atom. The van der Waals surface area contributed by atoms with Crippen LogP contribution in [-0.2, 0) is 5.60 Å². The quantitative estimate of drug-likeness (QED) is 0.410. The molecule has 3 aromatic carbocycles. The van der Waals surface area contributed by atoms with Gasteiger partial charge in [0.25, 0.3) is 0 Å². The number of anilines is 1. The van der Waals surface area contributed by atoms with Crippen molar-refractivity contribution in [2.24, 2.45) is 0 Å². The van der Waals surface area contributed by atoms with Crippen molar-refractivity contribution in [1.29, 1.82) is 0 Å². The van der Waals surface area contributed by atoms with Gasteiger partial charge in [-0.2, -0.15) is 18.3 Å². The molecular formula is C24H21F4N3O2. The maximum Gasteiger partial charge on any atom is 0.423 e. The molecule has 0 saturated carbocycles. The van der Waals surface area contributed by atoms with Crippen LogP contribution in [0.5, 0.6) is 5.75 Å². The molecule has 4 aromatic rings. The number of alkyl halides is 3. The van der Waals surface area contributed by atoms with E-state index in [1.165, 1.54) is 72.4 Å². The smallest absolute Gasteiger partial charge is 0.423 e. The van der Waals surface area contributed by atoms with Crippen molar-refractivity contribution in [3.8, 4) is 11.4 Å². The van der Waals surface area contributed by atoms with Crippen molar-refractivity contribution in [3.05, 3.63) is 84.3 Å². The van der Waals surface area contributed by atoms with Crippen LogP contribution in [0.15, 0.2) is 72.9 Å². The van der Waals surface area contributed by atoms with Gasteiger partial charge in [0.05, 0.1) is 31.1 Å². The Hall–Kier alpha value is -3.59. The van der Waals surface area contributed by atoms with Crippen LogP contribution in [0.4, 0.5) is 23.2 Å². The second-order valence-corrected chi connectivity index (χ2v) is 7.72. The summed E-state index contributed by atoms with van der Waals surface area (Å²) >= 11 is 0. The number of fused-ring (bicyclic) bond motifs is 1. The van der Waals surface area contributed by atoms with E-state index in [-0.39, 0.29) is 5.56 Å². The van der Waals surface area contributed by atoms with Crippen molar-refractivity contribution < 1.29 is 27.4 Å². The van der Waals surface area contributed by atoms with Crippen LogP contribution in [0, 0.1) is 5.82 Å². The maximum atomic E-state index is 14.1.